The lowest BCUT2D eigenvalue weighted by Gasteiger charge is -2.36. The predicted octanol–water partition coefficient (Wildman–Crippen LogP) is 7.05. The van der Waals surface area contributed by atoms with Gasteiger partial charge >= 0.3 is 0 Å². The van der Waals surface area contributed by atoms with Crippen LogP contribution in [0.25, 0.3) is 0 Å². The third kappa shape index (κ3) is 5.91. The molecule has 1 aliphatic rings. The van der Waals surface area contributed by atoms with E-state index in [1.807, 2.05) is 0 Å². The number of hydrogen-bond donors (Lipinski definition) is 0. The second-order valence-corrected chi connectivity index (χ2v) is 15.0. The van der Waals surface area contributed by atoms with E-state index < -0.39 is 15.8 Å². The van der Waals surface area contributed by atoms with Gasteiger partial charge in [0.15, 0.2) is 0 Å². The van der Waals surface area contributed by atoms with Crippen molar-refractivity contribution in [3.8, 4) is 0 Å². The minimum atomic E-state index is -0.725. The summed E-state index contributed by atoms with van der Waals surface area (Å²) in [7, 11) is 3.12. The van der Waals surface area contributed by atoms with E-state index in [4.69, 9.17) is 0 Å². The van der Waals surface area contributed by atoms with Crippen molar-refractivity contribution in [2.45, 2.75) is 11.7 Å². The molecule has 0 spiro atoms. The molecule has 41 heavy (non-hydrogen) atoms. The van der Waals surface area contributed by atoms with Gasteiger partial charge in [0.2, 0.25) is 0 Å². The number of nitrogens with zero attached hydrogens (tertiary/aromatic N) is 1. The van der Waals surface area contributed by atoms with Crippen LogP contribution >= 0.6 is 15.8 Å². The van der Waals surface area contributed by atoms with Crippen molar-refractivity contribution in [1.82, 2.24) is 4.90 Å². The molecule has 2 atom stereocenters. The molecule has 0 bridgehead atoms. The van der Waals surface area contributed by atoms with Crippen molar-refractivity contribution in [3.05, 3.63) is 175 Å². The van der Waals surface area contributed by atoms with Gasteiger partial charge in [0.05, 0.1) is 6.04 Å². The molecule has 0 aliphatic heterocycles. The van der Waals surface area contributed by atoms with Gasteiger partial charge in [-0.2, -0.15) is 0 Å². The summed E-state index contributed by atoms with van der Waals surface area (Å²) < 4.78 is 0. The molecule has 1 aliphatic carbocycles. The molecule has 0 aromatic heterocycles. The van der Waals surface area contributed by atoms with Crippen LogP contribution in [0.2, 0.25) is 0 Å². The largest absolute Gasteiger partial charge is 0.299 e. The molecule has 1 unspecified atom stereocenters. The summed E-state index contributed by atoms with van der Waals surface area (Å²) in [5.74, 6) is 0. The summed E-state index contributed by atoms with van der Waals surface area (Å²) in [6.07, 6.45) is 7.12. The van der Waals surface area contributed by atoms with Crippen molar-refractivity contribution < 1.29 is 0 Å². The molecule has 0 heterocycles. The maximum absolute atomic E-state index is 2.44. The van der Waals surface area contributed by atoms with Crippen molar-refractivity contribution in [1.29, 1.82) is 0 Å². The van der Waals surface area contributed by atoms with Gasteiger partial charge in [0.25, 0.3) is 0 Å². The molecule has 0 saturated carbocycles. The average molecular weight is 568 g/mol. The minimum absolute atomic E-state index is 0.154. The standard InChI is InChI=1S/C38H35NP2/c1-39(2)38(35-27-17-29-37(35)41(32-22-11-5-12-23-32)33-24-13-6-14-25-33)34-26-15-16-28-36(34)40(30-18-7-3-8-19-30)31-20-9-4-10-21-31/h3-29,37-38H,1-2H3/t37?,38-/m0/s1. The van der Waals surface area contributed by atoms with Crippen molar-refractivity contribution in [2.24, 2.45) is 0 Å². The van der Waals surface area contributed by atoms with Gasteiger partial charge in [-0.1, -0.05) is 164 Å². The Balaban J connectivity index is 1.48. The van der Waals surface area contributed by atoms with Gasteiger partial charge in [-0.3, -0.25) is 4.90 Å². The van der Waals surface area contributed by atoms with Crippen molar-refractivity contribution in [2.75, 3.05) is 14.1 Å². The Bertz CT molecular complexity index is 1530. The Hall–Kier alpha value is -3.60. The van der Waals surface area contributed by atoms with Crippen molar-refractivity contribution in [3.63, 3.8) is 0 Å². The summed E-state index contributed by atoms with van der Waals surface area (Å²) in [5, 5.41) is 7.01. The summed E-state index contributed by atoms with van der Waals surface area (Å²) in [4.78, 5) is 2.41. The first-order valence-corrected chi connectivity index (χ1v) is 16.9. The predicted molar refractivity (Wildman–Crippen MR) is 182 cm³/mol. The monoisotopic (exact) mass is 567 g/mol. The minimum Gasteiger partial charge on any atom is -0.299 e. The molecule has 202 valence electrons. The zero-order chi connectivity index (χ0) is 28.0. The lowest BCUT2D eigenvalue weighted by Crippen LogP contribution is -2.33. The number of allylic oxidation sites excluding steroid dienone is 3. The van der Waals surface area contributed by atoms with Gasteiger partial charge in [-0.25, -0.2) is 0 Å². The van der Waals surface area contributed by atoms with E-state index in [1.54, 1.807) is 0 Å². The van der Waals surface area contributed by atoms with Crippen LogP contribution in [-0.2, 0) is 0 Å². The van der Waals surface area contributed by atoms with Crippen molar-refractivity contribution >= 4 is 42.4 Å². The second-order valence-electron chi connectivity index (χ2n) is 10.5. The van der Waals surface area contributed by atoms with E-state index in [0.29, 0.717) is 5.66 Å². The summed E-state index contributed by atoms with van der Waals surface area (Å²) in [5.41, 5.74) is 3.18. The smallest absolute Gasteiger partial charge is 0.0575 e. The molecule has 6 rings (SSSR count). The summed E-state index contributed by atoms with van der Waals surface area (Å²) in [6.45, 7) is 0. The van der Waals surface area contributed by atoms with E-state index in [1.165, 1.54) is 37.7 Å². The fraction of sp³-hybridized carbons (Fsp3) is 0.105. The highest BCUT2D eigenvalue weighted by molar-refractivity contribution is 7.80. The third-order valence-electron chi connectivity index (χ3n) is 7.60. The molecular formula is C38H35NP2. The Kier molecular flexibility index (Phi) is 8.69. The highest BCUT2D eigenvalue weighted by atomic mass is 31.1. The first-order valence-electron chi connectivity index (χ1n) is 14.2. The molecule has 0 saturated heterocycles. The molecule has 0 radical (unpaired) electrons. The van der Waals surface area contributed by atoms with Crippen LogP contribution in [0.15, 0.2) is 169 Å². The van der Waals surface area contributed by atoms with Gasteiger partial charge in [-0.05, 0) is 67.6 Å². The van der Waals surface area contributed by atoms with Gasteiger partial charge < -0.3 is 0 Å². The number of hydrogen-bond acceptors (Lipinski definition) is 1. The molecule has 0 fully saturated rings. The fourth-order valence-corrected chi connectivity index (χ4v) is 11.1. The van der Waals surface area contributed by atoms with Crippen LogP contribution in [0, 0.1) is 0 Å². The van der Waals surface area contributed by atoms with Gasteiger partial charge in [0, 0.05) is 5.66 Å². The van der Waals surface area contributed by atoms with E-state index in [-0.39, 0.29) is 6.04 Å². The average Bonchev–Trinajstić information content (AvgIpc) is 3.49. The zero-order valence-corrected chi connectivity index (χ0v) is 25.4. The van der Waals surface area contributed by atoms with Crippen LogP contribution in [0.1, 0.15) is 11.6 Å². The van der Waals surface area contributed by atoms with Gasteiger partial charge in [-0.15, -0.1) is 0 Å². The molecule has 0 N–H and O–H groups in total. The lowest BCUT2D eigenvalue weighted by atomic mass is 9.96. The summed E-state index contributed by atoms with van der Waals surface area (Å²) in [6, 6.07) is 53.6. The van der Waals surface area contributed by atoms with Crippen LogP contribution < -0.4 is 26.5 Å². The third-order valence-corrected chi connectivity index (χ3v) is 12.9. The number of rotatable bonds is 9. The van der Waals surface area contributed by atoms with E-state index >= 15 is 0 Å². The quantitative estimate of drug-likeness (QED) is 0.173. The zero-order valence-electron chi connectivity index (χ0n) is 23.6. The Morgan fingerprint density at radius 1 is 0.537 bits per heavy atom. The molecule has 5 aromatic carbocycles. The van der Waals surface area contributed by atoms with E-state index in [9.17, 15) is 0 Å². The normalized spacial score (nSPS) is 15.4. The van der Waals surface area contributed by atoms with Crippen LogP contribution in [0.5, 0.6) is 0 Å². The molecule has 0 amide bonds. The Labute approximate surface area is 247 Å². The fourth-order valence-electron chi connectivity index (χ4n) is 5.88. The van der Waals surface area contributed by atoms with E-state index in [0.717, 1.165) is 0 Å². The van der Waals surface area contributed by atoms with Crippen LogP contribution in [-0.4, -0.2) is 24.7 Å². The SMILES string of the molecule is CN(C)[C@H](C1=CC=CC1P(c1ccccc1)c1ccccc1)c1ccccc1P(c1ccccc1)c1ccccc1. The molecule has 1 nitrogen and oxygen atoms in total. The number of benzene rings is 5. The topological polar surface area (TPSA) is 3.24 Å². The van der Waals surface area contributed by atoms with Crippen LogP contribution in [0.4, 0.5) is 0 Å². The van der Waals surface area contributed by atoms with E-state index in [2.05, 4.69) is 183 Å². The molecule has 3 heteroatoms. The maximum atomic E-state index is 2.44. The van der Waals surface area contributed by atoms with Gasteiger partial charge in [0.1, 0.15) is 0 Å². The maximum Gasteiger partial charge on any atom is 0.0575 e. The first-order chi connectivity index (χ1) is 20.2. The molecular weight excluding hydrogens is 532 g/mol. The Morgan fingerprint density at radius 3 is 1.46 bits per heavy atom. The highest BCUT2D eigenvalue weighted by Crippen LogP contribution is 2.50. The Morgan fingerprint density at radius 2 is 0.976 bits per heavy atom. The highest BCUT2D eigenvalue weighted by Gasteiger charge is 2.35. The summed E-state index contributed by atoms with van der Waals surface area (Å²) >= 11 is 0. The number of likely N-dealkylation sites (N-methyl/N-ethyl adjacent to an activating group) is 1. The van der Waals surface area contributed by atoms with Crippen LogP contribution in [0.3, 0.4) is 0 Å². The molecule has 5 aromatic rings. The second kappa shape index (κ2) is 12.9. The lowest BCUT2D eigenvalue weighted by molar-refractivity contribution is 0.337. The first kappa shape index (κ1) is 27.6.